The molecule has 0 aliphatic carbocycles. The molecular formula is C26H43N7O6. The number of aromatic hydroxyl groups is 1. The summed E-state index contributed by atoms with van der Waals surface area (Å²) in [6.07, 6.45) is 0.801. The van der Waals surface area contributed by atoms with Crippen molar-refractivity contribution in [2.45, 2.75) is 77.5 Å². The first-order chi connectivity index (χ1) is 18.2. The van der Waals surface area contributed by atoms with Crippen LogP contribution in [0.1, 0.15) is 52.5 Å². The van der Waals surface area contributed by atoms with Gasteiger partial charge in [-0.15, -0.1) is 0 Å². The maximum absolute atomic E-state index is 13.2. The molecule has 218 valence electrons. The number of phenolic OH excluding ortho intramolecular Hbond substituents is 1. The van der Waals surface area contributed by atoms with Crippen LogP contribution in [0, 0.1) is 11.8 Å². The van der Waals surface area contributed by atoms with Gasteiger partial charge < -0.3 is 43.4 Å². The molecule has 39 heavy (non-hydrogen) atoms. The third-order valence-corrected chi connectivity index (χ3v) is 5.88. The van der Waals surface area contributed by atoms with Crippen molar-refractivity contribution in [3.8, 4) is 5.75 Å². The summed E-state index contributed by atoms with van der Waals surface area (Å²) in [5, 5.41) is 26.9. The molecule has 11 N–H and O–H groups in total. The molecule has 13 nitrogen and oxygen atoms in total. The smallest absolute Gasteiger partial charge is 0.326 e. The lowest BCUT2D eigenvalue weighted by Crippen LogP contribution is -2.58. The number of carboxylic acid groups (broad SMARTS) is 1. The maximum Gasteiger partial charge on any atom is 0.326 e. The van der Waals surface area contributed by atoms with Gasteiger partial charge in [-0.1, -0.05) is 39.8 Å². The van der Waals surface area contributed by atoms with Gasteiger partial charge in [-0.05, 0) is 48.8 Å². The average Bonchev–Trinajstić information content (AvgIpc) is 2.83. The van der Waals surface area contributed by atoms with Crippen molar-refractivity contribution < 1.29 is 29.4 Å². The Morgan fingerprint density at radius 1 is 0.897 bits per heavy atom. The highest BCUT2D eigenvalue weighted by atomic mass is 16.4. The Kier molecular flexibility index (Phi) is 13.7. The van der Waals surface area contributed by atoms with Crippen LogP contribution in [0.25, 0.3) is 0 Å². The molecule has 1 rings (SSSR count). The Labute approximate surface area is 229 Å². The highest BCUT2D eigenvalue weighted by Crippen LogP contribution is 2.12. The summed E-state index contributed by atoms with van der Waals surface area (Å²) in [6.45, 7) is 7.52. The van der Waals surface area contributed by atoms with Crippen LogP contribution in [0.2, 0.25) is 0 Å². The number of hydrogen-bond donors (Lipinski definition) is 8. The molecule has 0 aromatic heterocycles. The number of carbonyl (C=O) groups excluding carboxylic acids is 3. The van der Waals surface area contributed by atoms with E-state index in [0.29, 0.717) is 18.4 Å². The number of carboxylic acids is 1. The zero-order chi connectivity index (χ0) is 29.7. The molecular weight excluding hydrogens is 506 g/mol. The molecule has 4 unspecified atom stereocenters. The van der Waals surface area contributed by atoms with Crippen molar-refractivity contribution in [3.05, 3.63) is 29.8 Å². The lowest BCUT2D eigenvalue weighted by molar-refractivity contribution is -0.142. The minimum atomic E-state index is -1.30. The fraction of sp³-hybridized carbons (Fsp3) is 0.577. The molecule has 13 heteroatoms. The van der Waals surface area contributed by atoms with Gasteiger partial charge in [-0.3, -0.25) is 19.4 Å². The zero-order valence-corrected chi connectivity index (χ0v) is 23.0. The lowest BCUT2D eigenvalue weighted by Gasteiger charge is -2.27. The Hall–Kier alpha value is -3.87. The van der Waals surface area contributed by atoms with Crippen molar-refractivity contribution in [2.24, 2.45) is 34.0 Å². The van der Waals surface area contributed by atoms with Gasteiger partial charge in [0.05, 0.1) is 6.04 Å². The van der Waals surface area contributed by atoms with Crippen LogP contribution >= 0.6 is 0 Å². The summed E-state index contributed by atoms with van der Waals surface area (Å²) in [4.78, 5) is 54.8. The van der Waals surface area contributed by atoms with Crippen LogP contribution < -0.4 is 33.2 Å². The minimum absolute atomic E-state index is 0.0233. The number of phenols is 1. The van der Waals surface area contributed by atoms with Crippen molar-refractivity contribution >= 4 is 29.7 Å². The Bertz CT molecular complexity index is 993. The van der Waals surface area contributed by atoms with Gasteiger partial charge in [0.15, 0.2) is 5.96 Å². The molecule has 0 saturated heterocycles. The number of hydrogen-bond acceptors (Lipinski definition) is 7. The van der Waals surface area contributed by atoms with Crippen molar-refractivity contribution in [1.29, 1.82) is 0 Å². The third kappa shape index (κ3) is 12.5. The summed E-state index contributed by atoms with van der Waals surface area (Å²) in [6, 6.07) is 1.72. The van der Waals surface area contributed by atoms with Gasteiger partial charge in [0, 0.05) is 13.0 Å². The second-order valence-electron chi connectivity index (χ2n) is 10.2. The van der Waals surface area contributed by atoms with Gasteiger partial charge in [0.25, 0.3) is 0 Å². The van der Waals surface area contributed by atoms with Crippen LogP contribution in [-0.2, 0) is 25.6 Å². The third-order valence-electron chi connectivity index (χ3n) is 5.88. The Balaban J connectivity index is 3.05. The monoisotopic (exact) mass is 549 g/mol. The van der Waals surface area contributed by atoms with E-state index in [1.165, 1.54) is 12.1 Å². The normalized spacial score (nSPS) is 14.1. The SMILES string of the molecule is CC(C)CC(N)C(=O)NC(C(=O)NC(CCCN=C(N)N)C(=O)NC(Cc1ccc(O)cc1)C(=O)O)C(C)C. The summed E-state index contributed by atoms with van der Waals surface area (Å²) >= 11 is 0. The van der Waals surface area contributed by atoms with Crippen LogP contribution in [0.15, 0.2) is 29.3 Å². The van der Waals surface area contributed by atoms with E-state index in [2.05, 4.69) is 20.9 Å². The molecule has 4 atom stereocenters. The number of amides is 3. The number of aliphatic imine (C=N–C) groups is 1. The van der Waals surface area contributed by atoms with Crippen molar-refractivity contribution in [2.75, 3.05) is 6.54 Å². The topological polar surface area (TPSA) is 235 Å². The zero-order valence-electron chi connectivity index (χ0n) is 23.0. The minimum Gasteiger partial charge on any atom is -0.508 e. The van der Waals surface area contributed by atoms with E-state index in [0.717, 1.165) is 0 Å². The van der Waals surface area contributed by atoms with Gasteiger partial charge in [-0.25, -0.2) is 4.79 Å². The van der Waals surface area contributed by atoms with Crippen molar-refractivity contribution in [3.63, 3.8) is 0 Å². The van der Waals surface area contributed by atoms with Crippen molar-refractivity contribution in [1.82, 2.24) is 16.0 Å². The van der Waals surface area contributed by atoms with Gasteiger partial charge in [0.1, 0.15) is 23.9 Å². The van der Waals surface area contributed by atoms with E-state index in [9.17, 15) is 29.4 Å². The molecule has 1 aromatic rings. The molecule has 0 radical (unpaired) electrons. The van der Waals surface area contributed by atoms with Crippen LogP contribution in [-0.4, -0.2) is 70.6 Å². The highest BCUT2D eigenvalue weighted by molar-refractivity contribution is 5.94. The first-order valence-electron chi connectivity index (χ1n) is 12.9. The molecule has 0 aliphatic heterocycles. The number of aliphatic carboxylic acids is 1. The second-order valence-corrected chi connectivity index (χ2v) is 10.2. The molecule has 0 fully saturated rings. The predicted molar refractivity (Wildman–Crippen MR) is 147 cm³/mol. The first kappa shape index (κ1) is 33.2. The van der Waals surface area contributed by atoms with Crippen LogP contribution in [0.4, 0.5) is 0 Å². The molecule has 0 bridgehead atoms. The summed E-state index contributed by atoms with van der Waals surface area (Å²) in [5.41, 5.74) is 17.2. The molecule has 0 aliphatic rings. The number of guanidine groups is 1. The largest absolute Gasteiger partial charge is 0.508 e. The number of nitrogens with one attached hydrogen (secondary N) is 3. The van der Waals surface area contributed by atoms with Crippen LogP contribution in [0.5, 0.6) is 5.75 Å². The van der Waals surface area contributed by atoms with E-state index < -0.39 is 47.9 Å². The van der Waals surface area contributed by atoms with Gasteiger partial charge in [-0.2, -0.15) is 0 Å². The van der Waals surface area contributed by atoms with E-state index in [-0.39, 0.29) is 42.9 Å². The first-order valence-corrected chi connectivity index (χ1v) is 12.9. The number of nitrogens with two attached hydrogens (primary N) is 3. The fourth-order valence-corrected chi connectivity index (χ4v) is 3.78. The Morgan fingerprint density at radius 2 is 1.49 bits per heavy atom. The summed E-state index contributed by atoms with van der Waals surface area (Å²) in [5.74, 6) is -3.33. The Morgan fingerprint density at radius 3 is 2.00 bits per heavy atom. The lowest BCUT2D eigenvalue weighted by atomic mass is 9.99. The molecule has 0 saturated carbocycles. The summed E-state index contributed by atoms with van der Waals surface area (Å²) in [7, 11) is 0. The number of benzene rings is 1. The molecule has 0 spiro atoms. The molecule has 1 aromatic carbocycles. The number of nitrogens with zero attached hydrogens (tertiary/aromatic N) is 1. The predicted octanol–water partition coefficient (Wildman–Crippen LogP) is -0.443. The van der Waals surface area contributed by atoms with Gasteiger partial charge >= 0.3 is 5.97 Å². The van der Waals surface area contributed by atoms with E-state index in [1.807, 2.05) is 13.8 Å². The van der Waals surface area contributed by atoms with E-state index in [4.69, 9.17) is 17.2 Å². The van der Waals surface area contributed by atoms with Crippen LogP contribution in [0.3, 0.4) is 0 Å². The fourth-order valence-electron chi connectivity index (χ4n) is 3.78. The number of rotatable bonds is 16. The second kappa shape index (κ2) is 16.2. The molecule has 3 amide bonds. The van der Waals surface area contributed by atoms with E-state index >= 15 is 0 Å². The van der Waals surface area contributed by atoms with E-state index in [1.54, 1.807) is 26.0 Å². The number of carbonyl (C=O) groups is 4. The van der Waals surface area contributed by atoms with Gasteiger partial charge in [0.2, 0.25) is 17.7 Å². The molecule has 0 heterocycles. The summed E-state index contributed by atoms with van der Waals surface area (Å²) < 4.78 is 0. The highest BCUT2D eigenvalue weighted by Gasteiger charge is 2.31. The quantitative estimate of drug-likeness (QED) is 0.0756. The average molecular weight is 550 g/mol. The maximum atomic E-state index is 13.2. The standard InChI is InChI=1S/C26H43N7O6/c1-14(2)12-18(27)22(35)33-21(15(3)4)24(37)31-19(6-5-11-30-26(28)29)23(36)32-20(25(38)39)13-16-7-9-17(34)10-8-16/h7-10,14-15,18-21,34H,5-6,11-13,27H2,1-4H3,(H,31,37)(H,32,36)(H,33,35)(H,38,39)(H4,28,29,30).